The summed E-state index contributed by atoms with van der Waals surface area (Å²) in [6.07, 6.45) is 1.16. The Labute approximate surface area is 142 Å². The normalized spacial score (nSPS) is 12.2. The molecule has 2 aromatic rings. The first kappa shape index (κ1) is 17.7. The van der Waals surface area contributed by atoms with Crippen LogP contribution in [-0.2, 0) is 9.84 Å². The van der Waals surface area contributed by atoms with Gasteiger partial charge in [0, 0.05) is 18.9 Å². The Kier molecular flexibility index (Phi) is 5.05. The molecule has 124 valence electrons. The zero-order valence-corrected chi connectivity index (χ0v) is 14.5. The molecule has 24 heavy (non-hydrogen) atoms. The number of hydrogen-bond donors (Lipinski definition) is 0. The molecule has 1 amide bonds. The molecule has 1 unspecified atom stereocenters. The van der Waals surface area contributed by atoms with Gasteiger partial charge in [-0.3, -0.25) is 4.79 Å². The van der Waals surface area contributed by atoms with Gasteiger partial charge in [-0.25, -0.2) is 8.42 Å². The second-order valence-corrected chi connectivity index (χ2v) is 7.64. The van der Waals surface area contributed by atoms with Crippen molar-refractivity contribution >= 4 is 15.7 Å². The van der Waals surface area contributed by atoms with Gasteiger partial charge >= 0.3 is 0 Å². The summed E-state index contributed by atoms with van der Waals surface area (Å²) >= 11 is 0. The molecule has 0 radical (unpaired) electrons. The Hall–Kier alpha value is -2.65. The Balaban J connectivity index is 2.24. The molecule has 5 nitrogen and oxygen atoms in total. The van der Waals surface area contributed by atoms with Crippen molar-refractivity contribution in [2.24, 2.45) is 0 Å². The van der Waals surface area contributed by atoms with Crippen molar-refractivity contribution < 1.29 is 13.2 Å². The molecule has 0 aliphatic carbocycles. The predicted molar refractivity (Wildman–Crippen MR) is 91.2 cm³/mol. The highest BCUT2D eigenvalue weighted by Gasteiger charge is 2.19. The largest absolute Gasteiger partial charge is 0.335 e. The first-order chi connectivity index (χ1) is 11.2. The van der Waals surface area contributed by atoms with Crippen LogP contribution in [-0.4, -0.2) is 32.5 Å². The summed E-state index contributed by atoms with van der Waals surface area (Å²) in [5.41, 5.74) is 1.70. The molecule has 1 atom stereocenters. The standard InChI is InChI=1S/C18H18N2O3S/c1-13(15-7-9-17(10-8-15)24(3,22)23)20(2)18(21)16-6-4-5-14(11-16)12-19/h4-11,13H,1-3H3. The number of amides is 1. The first-order valence-corrected chi connectivity index (χ1v) is 9.20. The van der Waals surface area contributed by atoms with Crippen molar-refractivity contribution in [3.63, 3.8) is 0 Å². The summed E-state index contributed by atoms with van der Waals surface area (Å²) in [6, 6.07) is 14.8. The lowest BCUT2D eigenvalue weighted by atomic mass is 10.1. The van der Waals surface area contributed by atoms with Crippen LogP contribution in [0, 0.1) is 11.3 Å². The number of hydrogen-bond acceptors (Lipinski definition) is 4. The van der Waals surface area contributed by atoms with Crippen molar-refractivity contribution in [1.82, 2.24) is 4.90 Å². The topological polar surface area (TPSA) is 78.2 Å². The van der Waals surface area contributed by atoms with Gasteiger partial charge in [-0.15, -0.1) is 0 Å². The summed E-state index contributed by atoms with van der Waals surface area (Å²) < 4.78 is 23.0. The number of benzene rings is 2. The summed E-state index contributed by atoms with van der Waals surface area (Å²) in [5.74, 6) is -0.202. The van der Waals surface area contributed by atoms with E-state index >= 15 is 0 Å². The van der Waals surface area contributed by atoms with E-state index in [0.717, 1.165) is 11.8 Å². The Morgan fingerprint density at radius 3 is 2.33 bits per heavy atom. The molecule has 0 fully saturated rings. The molecule has 0 saturated heterocycles. The SMILES string of the molecule is CC(c1ccc(S(C)(=O)=O)cc1)N(C)C(=O)c1cccc(C#N)c1. The van der Waals surface area contributed by atoms with E-state index in [1.165, 1.54) is 12.1 Å². The van der Waals surface area contributed by atoms with Crippen molar-refractivity contribution in [3.05, 3.63) is 65.2 Å². The zero-order valence-electron chi connectivity index (χ0n) is 13.7. The third-order valence-electron chi connectivity index (χ3n) is 3.93. The molecule has 6 heteroatoms. The van der Waals surface area contributed by atoms with Crippen LogP contribution in [0.4, 0.5) is 0 Å². The molecule has 0 heterocycles. The Bertz CT molecular complexity index is 897. The minimum absolute atomic E-state index is 0.202. The third-order valence-corrected chi connectivity index (χ3v) is 5.06. The summed E-state index contributed by atoms with van der Waals surface area (Å²) in [5, 5.41) is 8.94. The van der Waals surface area contributed by atoms with Crippen molar-refractivity contribution in [2.75, 3.05) is 13.3 Å². The lowest BCUT2D eigenvalue weighted by molar-refractivity contribution is 0.0742. The average Bonchev–Trinajstić information content (AvgIpc) is 2.59. The van der Waals surface area contributed by atoms with E-state index in [-0.39, 0.29) is 16.8 Å². The van der Waals surface area contributed by atoms with E-state index in [4.69, 9.17) is 5.26 Å². The highest BCUT2D eigenvalue weighted by atomic mass is 32.2. The summed E-state index contributed by atoms with van der Waals surface area (Å²) in [7, 11) is -1.57. The van der Waals surface area contributed by atoms with Crippen LogP contribution < -0.4 is 0 Å². The van der Waals surface area contributed by atoms with Gasteiger partial charge in [0.05, 0.1) is 22.6 Å². The average molecular weight is 342 g/mol. The van der Waals surface area contributed by atoms with E-state index in [2.05, 4.69) is 0 Å². The van der Waals surface area contributed by atoms with Crippen molar-refractivity contribution in [3.8, 4) is 6.07 Å². The van der Waals surface area contributed by atoms with E-state index in [0.29, 0.717) is 11.1 Å². The lowest BCUT2D eigenvalue weighted by Gasteiger charge is -2.25. The molecule has 0 aliphatic heterocycles. The fraction of sp³-hybridized carbons (Fsp3) is 0.222. The van der Waals surface area contributed by atoms with E-state index in [9.17, 15) is 13.2 Å². The van der Waals surface area contributed by atoms with Gasteiger partial charge in [0.1, 0.15) is 0 Å². The lowest BCUT2D eigenvalue weighted by Crippen LogP contribution is -2.29. The molecule has 0 N–H and O–H groups in total. The van der Waals surface area contributed by atoms with Gasteiger partial charge in [0.2, 0.25) is 0 Å². The molecule has 0 aromatic heterocycles. The molecule has 0 spiro atoms. The van der Waals surface area contributed by atoms with Crippen LogP contribution in [0.2, 0.25) is 0 Å². The molecule has 0 bridgehead atoms. The number of carbonyl (C=O) groups excluding carboxylic acids is 1. The molecule has 2 rings (SSSR count). The molecule has 2 aromatic carbocycles. The smallest absolute Gasteiger partial charge is 0.254 e. The maximum Gasteiger partial charge on any atom is 0.254 e. The maximum atomic E-state index is 12.6. The number of rotatable bonds is 4. The molecule has 0 aliphatic rings. The highest BCUT2D eigenvalue weighted by Crippen LogP contribution is 2.22. The molecular weight excluding hydrogens is 324 g/mol. The Morgan fingerprint density at radius 1 is 1.17 bits per heavy atom. The van der Waals surface area contributed by atoms with E-state index in [1.807, 2.05) is 13.0 Å². The van der Waals surface area contributed by atoms with E-state index in [1.54, 1.807) is 48.3 Å². The monoisotopic (exact) mass is 342 g/mol. The second kappa shape index (κ2) is 6.85. The maximum absolute atomic E-state index is 12.6. The van der Waals surface area contributed by atoms with Crippen LogP contribution in [0.25, 0.3) is 0 Å². The highest BCUT2D eigenvalue weighted by molar-refractivity contribution is 7.90. The van der Waals surface area contributed by atoms with Gasteiger partial charge in [-0.1, -0.05) is 18.2 Å². The Morgan fingerprint density at radius 2 is 1.79 bits per heavy atom. The fourth-order valence-corrected chi connectivity index (χ4v) is 2.95. The quantitative estimate of drug-likeness (QED) is 0.856. The fourth-order valence-electron chi connectivity index (χ4n) is 2.32. The van der Waals surface area contributed by atoms with E-state index < -0.39 is 9.84 Å². The van der Waals surface area contributed by atoms with Gasteiger partial charge in [0.15, 0.2) is 9.84 Å². The van der Waals surface area contributed by atoms with Crippen LogP contribution >= 0.6 is 0 Å². The number of nitrogens with zero attached hydrogens (tertiary/aromatic N) is 2. The number of carbonyl (C=O) groups is 1. The first-order valence-electron chi connectivity index (χ1n) is 7.31. The number of nitriles is 1. The predicted octanol–water partition coefficient (Wildman–Crippen LogP) is 2.79. The van der Waals surface area contributed by atoms with Crippen LogP contribution in [0.5, 0.6) is 0 Å². The van der Waals surface area contributed by atoms with Crippen LogP contribution in [0.15, 0.2) is 53.4 Å². The van der Waals surface area contributed by atoms with Crippen LogP contribution in [0.1, 0.15) is 34.5 Å². The minimum Gasteiger partial charge on any atom is -0.335 e. The number of sulfone groups is 1. The second-order valence-electron chi connectivity index (χ2n) is 5.63. The van der Waals surface area contributed by atoms with Gasteiger partial charge in [-0.05, 0) is 42.8 Å². The van der Waals surface area contributed by atoms with Gasteiger partial charge < -0.3 is 4.90 Å². The zero-order chi connectivity index (χ0) is 17.9. The van der Waals surface area contributed by atoms with Gasteiger partial charge in [-0.2, -0.15) is 5.26 Å². The minimum atomic E-state index is -3.24. The molecule has 0 saturated carbocycles. The van der Waals surface area contributed by atoms with Crippen molar-refractivity contribution in [2.45, 2.75) is 17.9 Å². The van der Waals surface area contributed by atoms with Gasteiger partial charge in [0.25, 0.3) is 5.91 Å². The van der Waals surface area contributed by atoms with Crippen molar-refractivity contribution in [1.29, 1.82) is 5.26 Å². The summed E-state index contributed by atoms with van der Waals surface area (Å²) in [6.45, 7) is 1.86. The third kappa shape index (κ3) is 3.81. The molecular formula is C18H18N2O3S. The van der Waals surface area contributed by atoms with Crippen LogP contribution in [0.3, 0.4) is 0 Å². The summed E-state index contributed by atoms with van der Waals surface area (Å²) in [4.78, 5) is 14.4.